The molecule has 0 atom stereocenters. The van der Waals surface area contributed by atoms with Crippen molar-refractivity contribution in [1.82, 2.24) is 15.3 Å². The Kier molecular flexibility index (Phi) is 2.02. The minimum atomic E-state index is -0.488. The maximum atomic E-state index is 11.0. The van der Waals surface area contributed by atoms with Gasteiger partial charge in [-0.1, -0.05) is 0 Å². The maximum absolute atomic E-state index is 11.0. The van der Waals surface area contributed by atoms with Gasteiger partial charge in [-0.05, 0) is 12.1 Å². The Morgan fingerprint density at radius 2 is 2.36 bits per heavy atom. The zero-order chi connectivity index (χ0) is 9.97. The summed E-state index contributed by atoms with van der Waals surface area (Å²) < 4.78 is 0. The summed E-state index contributed by atoms with van der Waals surface area (Å²) in [4.78, 5) is 24.7. The zero-order valence-corrected chi connectivity index (χ0v) is 7.23. The van der Waals surface area contributed by atoms with E-state index in [0.29, 0.717) is 0 Å². The van der Waals surface area contributed by atoms with Gasteiger partial charge in [0, 0.05) is 6.20 Å². The van der Waals surface area contributed by atoms with Gasteiger partial charge in [0.1, 0.15) is 6.54 Å². The molecule has 6 nitrogen and oxygen atoms in total. The second-order valence-electron chi connectivity index (χ2n) is 2.78. The van der Waals surface area contributed by atoms with Crippen LogP contribution in [-0.4, -0.2) is 34.7 Å². The van der Waals surface area contributed by atoms with Crippen molar-refractivity contribution in [3.8, 4) is 0 Å². The molecule has 0 saturated carbocycles. The number of H-pyrrole nitrogens is 1. The van der Waals surface area contributed by atoms with Gasteiger partial charge in [0.05, 0.1) is 11.9 Å². The molecule has 1 aromatic rings. The minimum Gasteiger partial charge on any atom is -0.360 e. The number of amides is 3. The van der Waals surface area contributed by atoms with E-state index in [1.807, 2.05) is 6.07 Å². The molecular formula is C8H8N4O2. The number of aromatic nitrogens is 1. The predicted octanol–water partition coefficient (Wildman–Crippen LogP) is -0.0996. The third-order valence-electron chi connectivity index (χ3n) is 1.73. The van der Waals surface area contributed by atoms with Crippen LogP contribution in [0, 0.1) is 0 Å². The molecule has 0 bridgehead atoms. The molecule has 1 fully saturated rings. The average molecular weight is 192 g/mol. The molecule has 2 N–H and O–H groups in total. The number of nitrogens with zero attached hydrogens (tertiary/aromatic N) is 2. The second-order valence-corrected chi connectivity index (χ2v) is 2.78. The van der Waals surface area contributed by atoms with Crippen LogP contribution in [-0.2, 0) is 4.79 Å². The quantitative estimate of drug-likeness (QED) is 0.507. The van der Waals surface area contributed by atoms with Crippen LogP contribution in [0.5, 0.6) is 0 Å². The molecule has 1 aliphatic rings. The van der Waals surface area contributed by atoms with E-state index < -0.39 is 6.03 Å². The topological polar surface area (TPSA) is 77.6 Å². The van der Waals surface area contributed by atoms with Crippen molar-refractivity contribution in [3.63, 3.8) is 0 Å². The van der Waals surface area contributed by atoms with Gasteiger partial charge in [-0.2, -0.15) is 5.10 Å². The molecule has 14 heavy (non-hydrogen) atoms. The number of aromatic amines is 1. The summed E-state index contributed by atoms with van der Waals surface area (Å²) >= 11 is 0. The summed E-state index contributed by atoms with van der Waals surface area (Å²) in [7, 11) is 0. The van der Waals surface area contributed by atoms with Crippen LogP contribution in [0.1, 0.15) is 5.69 Å². The molecule has 0 unspecified atom stereocenters. The molecule has 0 radical (unpaired) electrons. The van der Waals surface area contributed by atoms with Gasteiger partial charge in [-0.15, -0.1) is 0 Å². The van der Waals surface area contributed by atoms with Gasteiger partial charge in [0.15, 0.2) is 0 Å². The van der Waals surface area contributed by atoms with Gasteiger partial charge in [-0.3, -0.25) is 10.1 Å². The van der Waals surface area contributed by atoms with Crippen molar-refractivity contribution >= 4 is 18.2 Å². The highest BCUT2D eigenvalue weighted by Gasteiger charge is 2.25. The summed E-state index contributed by atoms with van der Waals surface area (Å²) in [5.74, 6) is -0.335. The van der Waals surface area contributed by atoms with E-state index in [2.05, 4.69) is 15.4 Å². The summed E-state index contributed by atoms with van der Waals surface area (Å²) in [5, 5.41) is 7.03. The summed E-state index contributed by atoms with van der Waals surface area (Å²) in [6.07, 6.45) is 3.23. The molecule has 0 aromatic carbocycles. The Morgan fingerprint density at radius 3 is 2.93 bits per heavy atom. The minimum absolute atomic E-state index is 0.0178. The number of nitrogens with one attached hydrogen (secondary N) is 2. The molecule has 1 aliphatic heterocycles. The number of hydrogen-bond donors (Lipinski definition) is 2. The van der Waals surface area contributed by atoms with Crippen molar-refractivity contribution in [2.45, 2.75) is 0 Å². The Hall–Kier alpha value is -2.11. The largest absolute Gasteiger partial charge is 0.360 e. The number of carbonyl (C=O) groups is 2. The Balaban J connectivity index is 2.04. The standard InChI is InChI=1S/C8H8N4O2/c13-7-5-12(8(14)11-7)10-4-6-2-1-3-9-6/h1-4,9H,5H2,(H,11,13,14)/b10-4+. The summed E-state index contributed by atoms with van der Waals surface area (Å²) in [5.41, 5.74) is 0.775. The van der Waals surface area contributed by atoms with E-state index in [9.17, 15) is 9.59 Å². The lowest BCUT2D eigenvalue weighted by atomic mass is 10.5. The predicted molar refractivity (Wildman–Crippen MR) is 48.6 cm³/mol. The molecule has 2 heterocycles. The first-order chi connectivity index (χ1) is 6.75. The third-order valence-corrected chi connectivity index (χ3v) is 1.73. The Labute approximate surface area is 79.6 Å². The average Bonchev–Trinajstić information content (AvgIpc) is 2.72. The molecule has 3 amide bonds. The van der Waals surface area contributed by atoms with Crippen LogP contribution >= 0.6 is 0 Å². The fourth-order valence-electron chi connectivity index (χ4n) is 1.08. The fraction of sp³-hybridized carbons (Fsp3) is 0.125. The lowest BCUT2D eigenvalue weighted by Crippen LogP contribution is -2.24. The van der Waals surface area contributed by atoms with Crippen LogP contribution < -0.4 is 5.32 Å². The zero-order valence-electron chi connectivity index (χ0n) is 7.23. The van der Waals surface area contributed by atoms with Gasteiger partial charge in [0.2, 0.25) is 5.91 Å². The number of urea groups is 1. The van der Waals surface area contributed by atoms with Crippen LogP contribution in [0.3, 0.4) is 0 Å². The normalized spacial score (nSPS) is 16.7. The SMILES string of the molecule is O=C1CN(/N=C/c2ccc[nH]2)C(=O)N1. The maximum Gasteiger partial charge on any atom is 0.344 e. The fourth-order valence-corrected chi connectivity index (χ4v) is 1.08. The van der Waals surface area contributed by atoms with E-state index in [-0.39, 0.29) is 12.5 Å². The van der Waals surface area contributed by atoms with Crippen LogP contribution in [0.4, 0.5) is 4.79 Å². The van der Waals surface area contributed by atoms with Crippen molar-refractivity contribution in [2.24, 2.45) is 5.10 Å². The first kappa shape index (κ1) is 8.49. The highest BCUT2D eigenvalue weighted by atomic mass is 16.2. The molecule has 2 rings (SSSR count). The van der Waals surface area contributed by atoms with E-state index in [0.717, 1.165) is 10.7 Å². The molecular weight excluding hydrogens is 184 g/mol. The van der Waals surface area contributed by atoms with Gasteiger partial charge < -0.3 is 4.98 Å². The highest BCUT2D eigenvalue weighted by molar-refractivity contribution is 6.02. The van der Waals surface area contributed by atoms with Gasteiger partial charge in [0.25, 0.3) is 0 Å². The van der Waals surface area contributed by atoms with Crippen molar-refractivity contribution in [2.75, 3.05) is 6.54 Å². The number of imide groups is 1. The van der Waals surface area contributed by atoms with Crippen LogP contribution in [0.2, 0.25) is 0 Å². The van der Waals surface area contributed by atoms with E-state index in [4.69, 9.17) is 0 Å². The first-order valence-corrected chi connectivity index (χ1v) is 4.04. The van der Waals surface area contributed by atoms with Crippen molar-refractivity contribution < 1.29 is 9.59 Å². The summed E-state index contributed by atoms with van der Waals surface area (Å²) in [6, 6.07) is 3.13. The van der Waals surface area contributed by atoms with E-state index in [1.54, 1.807) is 12.3 Å². The van der Waals surface area contributed by atoms with Gasteiger partial charge >= 0.3 is 6.03 Å². The number of hydrogen-bond acceptors (Lipinski definition) is 3. The van der Waals surface area contributed by atoms with E-state index >= 15 is 0 Å². The van der Waals surface area contributed by atoms with Crippen LogP contribution in [0.15, 0.2) is 23.4 Å². The monoisotopic (exact) mass is 192 g/mol. The molecule has 72 valence electrons. The smallest absolute Gasteiger partial charge is 0.344 e. The molecule has 0 aliphatic carbocycles. The van der Waals surface area contributed by atoms with E-state index in [1.165, 1.54) is 6.21 Å². The highest BCUT2D eigenvalue weighted by Crippen LogP contribution is 1.99. The number of rotatable bonds is 2. The summed E-state index contributed by atoms with van der Waals surface area (Å²) in [6.45, 7) is -0.0178. The number of carbonyl (C=O) groups excluding carboxylic acids is 2. The third kappa shape index (κ3) is 1.63. The van der Waals surface area contributed by atoms with Crippen molar-refractivity contribution in [3.05, 3.63) is 24.0 Å². The van der Waals surface area contributed by atoms with Crippen molar-refractivity contribution in [1.29, 1.82) is 0 Å². The molecule has 1 aromatic heterocycles. The number of hydrazone groups is 1. The Bertz CT molecular complexity index is 382. The first-order valence-electron chi connectivity index (χ1n) is 4.04. The molecule has 0 spiro atoms. The lowest BCUT2D eigenvalue weighted by molar-refractivity contribution is -0.118. The molecule has 6 heteroatoms. The molecule has 1 saturated heterocycles. The second kappa shape index (κ2) is 3.33. The van der Waals surface area contributed by atoms with Crippen LogP contribution in [0.25, 0.3) is 0 Å². The van der Waals surface area contributed by atoms with Gasteiger partial charge in [-0.25, -0.2) is 9.80 Å². The lowest BCUT2D eigenvalue weighted by Gasteiger charge is -2.02. The Morgan fingerprint density at radius 1 is 1.50 bits per heavy atom.